The Morgan fingerprint density at radius 3 is 2.63 bits per heavy atom. The molecule has 150 valence electrons. The quantitative estimate of drug-likeness (QED) is 0.292. The number of rotatable bonds is 3. The van der Waals surface area contributed by atoms with Gasteiger partial charge in [0.25, 0.3) is 0 Å². The standard InChI is InChI=1S/C23H16O7/c24-21-12-16(17-10-13-4-1-2-5-18(13)30-22(17)25)15-8-7-14(11-20(15)29-21)28-23(26)19-6-3-9-27-19/h1-2,4-5,7-8,10-12,19H,3,6,9H2. The summed E-state index contributed by atoms with van der Waals surface area (Å²) >= 11 is 0. The molecule has 0 amide bonds. The maximum atomic E-state index is 12.6. The Balaban J connectivity index is 1.60. The lowest BCUT2D eigenvalue weighted by Gasteiger charge is -2.10. The fourth-order valence-electron chi connectivity index (χ4n) is 3.62. The van der Waals surface area contributed by atoms with Crippen LogP contribution in [0.2, 0.25) is 0 Å². The summed E-state index contributed by atoms with van der Waals surface area (Å²) in [6.45, 7) is 0.532. The van der Waals surface area contributed by atoms with Crippen molar-refractivity contribution in [2.75, 3.05) is 6.61 Å². The van der Waals surface area contributed by atoms with Crippen LogP contribution in [0.25, 0.3) is 33.1 Å². The first-order chi connectivity index (χ1) is 14.6. The van der Waals surface area contributed by atoms with E-state index in [0.717, 1.165) is 11.8 Å². The van der Waals surface area contributed by atoms with Crippen LogP contribution in [0.15, 0.2) is 73.0 Å². The van der Waals surface area contributed by atoms with E-state index >= 15 is 0 Å². The predicted molar refractivity (Wildman–Crippen MR) is 109 cm³/mol. The molecule has 0 radical (unpaired) electrons. The summed E-state index contributed by atoms with van der Waals surface area (Å²) < 4.78 is 21.4. The van der Waals surface area contributed by atoms with E-state index in [4.69, 9.17) is 18.3 Å². The van der Waals surface area contributed by atoms with Crippen molar-refractivity contribution >= 4 is 27.9 Å². The van der Waals surface area contributed by atoms with Gasteiger partial charge >= 0.3 is 17.2 Å². The Hall–Kier alpha value is -3.71. The van der Waals surface area contributed by atoms with Crippen molar-refractivity contribution in [2.24, 2.45) is 0 Å². The van der Waals surface area contributed by atoms with Crippen molar-refractivity contribution < 1.29 is 23.1 Å². The van der Waals surface area contributed by atoms with Crippen molar-refractivity contribution in [1.29, 1.82) is 0 Å². The molecule has 0 N–H and O–H groups in total. The van der Waals surface area contributed by atoms with Crippen LogP contribution < -0.4 is 16.0 Å². The van der Waals surface area contributed by atoms with Crippen LogP contribution in [0.3, 0.4) is 0 Å². The molecular formula is C23H16O7. The van der Waals surface area contributed by atoms with Crippen molar-refractivity contribution in [3.05, 3.63) is 75.4 Å². The Morgan fingerprint density at radius 1 is 0.933 bits per heavy atom. The van der Waals surface area contributed by atoms with E-state index in [9.17, 15) is 14.4 Å². The van der Waals surface area contributed by atoms with Crippen LogP contribution in [-0.4, -0.2) is 18.7 Å². The molecule has 0 spiro atoms. The smallest absolute Gasteiger partial charge is 0.344 e. The Kier molecular flexibility index (Phi) is 4.44. The second kappa shape index (κ2) is 7.27. The molecule has 2 aromatic heterocycles. The van der Waals surface area contributed by atoms with Crippen LogP contribution in [0.4, 0.5) is 0 Å². The summed E-state index contributed by atoms with van der Waals surface area (Å²) in [4.78, 5) is 36.9. The van der Waals surface area contributed by atoms with Crippen LogP contribution in [0.5, 0.6) is 5.75 Å². The van der Waals surface area contributed by atoms with E-state index in [-0.39, 0.29) is 16.9 Å². The first kappa shape index (κ1) is 18.3. The molecule has 1 aliphatic rings. The van der Waals surface area contributed by atoms with Gasteiger partial charge in [-0.1, -0.05) is 18.2 Å². The van der Waals surface area contributed by atoms with E-state index in [0.29, 0.717) is 29.6 Å². The average Bonchev–Trinajstić information content (AvgIpc) is 3.27. The molecule has 7 heteroatoms. The highest BCUT2D eigenvalue weighted by Gasteiger charge is 2.25. The van der Waals surface area contributed by atoms with Crippen molar-refractivity contribution in [3.8, 4) is 16.9 Å². The minimum Gasteiger partial charge on any atom is -0.424 e. The second-order valence-electron chi connectivity index (χ2n) is 7.05. The van der Waals surface area contributed by atoms with Gasteiger partial charge in [-0.2, -0.15) is 0 Å². The van der Waals surface area contributed by atoms with Gasteiger partial charge in [-0.3, -0.25) is 0 Å². The van der Waals surface area contributed by atoms with E-state index in [1.165, 1.54) is 12.1 Å². The molecule has 0 bridgehead atoms. The highest BCUT2D eigenvalue weighted by atomic mass is 16.6. The second-order valence-corrected chi connectivity index (χ2v) is 7.05. The number of benzene rings is 2. The molecule has 5 rings (SSSR count). The molecular weight excluding hydrogens is 388 g/mol. The number of hydrogen-bond donors (Lipinski definition) is 0. The summed E-state index contributed by atoms with van der Waals surface area (Å²) in [5.41, 5.74) is 0.0974. The van der Waals surface area contributed by atoms with Crippen molar-refractivity contribution in [2.45, 2.75) is 18.9 Å². The topological polar surface area (TPSA) is 96.0 Å². The van der Waals surface area contributed by atoms with E-state index in [1.54, 1.807) is 30.3 Å². The lowest BCUT2D eigenvalue weighted by molar-refractivity contribution is -0.144. The van der Waals surface area contributed by atoms with Gasteiger partial charge in [0.15, 0.2) is 6.10 Å². The highest BCUT2D eigenvalue weighted by molar-refractivity contribution is 5.95. The van der Waals surface area contributed by atoms with E-state index in [2.05, 4.69) is 0 Å². The molecule has 1 atom stereocenters. The van der Waals surface area contributed by atoms with Gasteiger partial charge < -0.3 is 18.3 Å². The summed E-state index contributed by atoms with van der Waals surface area (Å²) in [5.74, 6) is -0.255. The highest BCUT2D eigenvalue weighted by Crippen LogP contribution is 2.30. The predicted octanol–water partition coefficient (Wildman–Crippen LogP) is 3.65. The minimum absolute atomic E-state index is 0.197. The number of carbonyl (C=O) groups is 1. The number of fused-ring (bicyclic) bond motifs is 2. The molecule has 1 aliphatic heterocycles. The van der Waals surface area contributed by atoms with Gasteiger partial charge in [-0.25, -0.2) is 14.4 Å². The zero-order chi connectivity index (χ0) is 20.7. The molecule has 1 fully saturated rings. The summed E-state index contributed by atoms with van der Waals surface area (Å²) in [7, 11) is 0. The average molecular weight is 404 g/mol. The van der Waals surface area contributed by atoms with Crippen LogP contribution in [0.1, 0.15) is 12.8 Å². The van der Waals surface area contributed by atoms with Gasteiger partial charge in [-0.15, -0.1) is 0 Å². The number of carbonyl (C=O) groups excluding carboxylic acids is 1. The maximum absolute atomic E-state index is 12.6. The normalized spacial score (nSPS) is 16.2. The van der Waals surface area contributed by atoms with Gasteiger partial charge in [0, 0.05) is 35.1 Å². The molecule has 4 aromatic rings. The molecule has 0 saturated carbocycles. The fraction of sp³-hybridized carbons (Fsp3) is 0.174. The summed E-state index contributed by atoms with van der Waals surface area (Å²) in [6.07, 6.45) is 0.842. The van der Waals surface area contributed by atoms with Crippen molar-refractivity contribution in [3.63, 3.8) is 0 Å². The van der Waals surface area contributed by atoms with Gasteiger partial charge in [0.05, 0.1) is 5.56 Å². The Morgan fingerprint density at radius 2 is 1.80 bits per heavy atom. The Labute approximate surface area is 169 Å². The van der Waals surface area contributed by atoms with Gasteiger partial charge in [0.1, 0.15) is 16.9 Å². The molecule has 2 aromatic carbocycles. The lowest BCUT2D eigenvalue weighted by atomic mass is 10.0. The fourth-order valence-corrected chi connectivity index (χ4v) is 3.62. The summed E-state index contributed by atoms with van der Waals surface area (Å²) in [6, 6.07) is 14.7. The third-order valence-electron chi connectivity index (χ3n) is 5.06. The third kappa shape index (κ3) is 3.29. The molecule has 1 saturated heterocycles. The van der Waals surface area contributed by atoms with E-state index < -0.39 is 23.3 Å². The number of esters is 1. The minimum atomic E-state index is -0.632. The number of hydrogen-bond acceptors (Lipinski definition) is 7. The van der Waals surface area contributed by atoms with Gasteiger partial charge in [0.2, 0.25) is 0 Å². The maximum Gasteiger partial charge on any atom is 0.344 e. The lowest BCUT2D eigenvalue weighted by Crippen LogP contribution is -2.24. The molecule has 7 nitrogen and oxygen atoms in total. The molecule has 3 heterocycles. The third-order valence-corrected chi connectivity index (χ3v) is 5.06. The number of ether oxygens (including phenoxy) is 2. The molecule has 1 unspecified atom stereocenters. The van der Waals surface area contributed by atoms with Gasteiger partial charge in [-0.05, 0) is 37.1 Å². The Bertz CT molecular complexity index is 1390. The van der Waals surface area contributed by atoms with Crippen LogP contribution in [0, 0.1) is 0 Å². The first-order valence-electron chi connectivity index (χ1n) is 9.53. The van der Waals surface area contributed by atoms with E-state index in [1.807, 2.05) is 12.1 Å². The molecule has 30 heavy (non-hydrogen) atoms. The summed E-state index contributed by atoms with van der Waals surface area (Å²) in [5, 5.41) is 1.25. The first-order valence-corrected chi connectivity index (χ1v) is 9.53. The van der Waals surface area contributed by atoms with Crippen molar-refractivity contribution in [1.82, 2.24) is 0 Å². The zero-order valence-electron chi connectivity index (χ0n) is 15.8. The van der Waals surface area contributed by atoms with Crippen LogP contribution >= 0.6 is 0 Å². The number of para-hydroxylation sites is 1. The van der Waals surface area contributed by atoms with Crippen LogP contribution in [-0.2, 0) is 9.53 Å². The molecule has 0 aliphatic carbocycles. The zero-order valence-corrected chi connectivity index (χ0v) is 15.8. The largest absolute Gasteiger partial charge is 0.424 e. The SMILES string of the molecule is O=C(Oc1ccc2c(-c3cc4ccccc4oc3=O)cc(=O)oc2c1)C1CCCO1. The monoisotopic (exact) mass is 404 g/mol.